The van der Waals surface area contributed by atoms with Gasteiger partial charge in [0.25, 0.3) is 5.91 Å². The van der Waals surface area contributed by atoms with Crippen molar-refractivity contribution in [1.29, 1.82) is 0 Å². The van der Waals surface area contributed by atoms with Crippen LogP contribution in [0.3, 0.4) is 0 Å². The lowest BCUT2D eigenvalue weighted by Gasteiger charge is -2.36. The van der Waals surface area contributed by atoms with Gasteiger partial charge in [-0.15, -0.1) is 0 Å². The second-order valence-electron chi connectivity index (χ2n) is 7.56. The lowest BCUT2D eigenvalue weighted by Crippen LogP contribution is -2.47. The van der Waals surface area contributed by atoms with E-state index in [0.717, 1.165) is 22.8 Å². The summed E-state index contributed by atoms with van der Waals surface area (Å²) in [5.41, 5.74) is 3.01. The Bertz CT molecular complexity index is 910. The average molecular weight is 428 g/mol. The number of aryl methyl sites for hydroxylation is 2. The van der Waals surface area contributed by atoms with Gasteiger partial charge < -0.3 is 14.5 Å². The van der Waals surface area contributed by atoms with Crippen LogP contribution in [0.5, 0.6) is 0 Å². The van der Waals surface area contributed by atoms with E-state index in [4.69, 9.17) is 4.74 Å². The van der Waals surface area contributed by atoms with Gasteiger partial charge in [-0.05, 0) is 57.4 Å². The van der Waals surface area contributed by atoms with Crippen LogP contribution in [-0.2, 0) is 4.74 Å². The first-order chi connectivity index (χ1) is 14.4. The topological polar surface area (TPSA) is 62.7 Å². The molecular weight excluding hydrogens is 398 g/mol. The number of carbonyl (C=O) groups is 2. The van der Waals surface area contributed by atoms with Crippen LogP contribution in [0.15, 0.2) is 46.5 Å². The molecule has 160 valence electrons. The van der Waals surface area contributed by atoms with E-state index in [1.807, 2.05) is 11.0 Å². The molecule has 0 aliphatic carbocycles. The molecule has 1 fully saturated rings. The van der Waals surface area contributed by atoms with Crippen molar-refractivity contribution in [3.05, 3.63) is 53.2 Å². The van der Waals surface area contributed by atoms with Gasteiger partial charge in [0.05, 0.1) is 12.2 Å². The van der Waals surface area contributed by atoms with Crippen LogP contribution in [0.4, 0.5) is 4.79 Å². The highest BCUT2D eigenvalue weighted by Gasteiger charge is 2.29. The summed E-state index contributed by atoms with van der Waals surface area (Å²) < 4.78 is 5.09. The molecule has 0 saturated carbocycles. The van der Waals surface area contributed by atoms with Gasteiger partial charge in [0.2, 0.25) is 0 Å². The van der Waals surface area contributed by atoms with Crippen molar-refractivity contribution in [1.82, 2.24) is 14.8 Å². The zero-order valence-electron chi connectivity index (χ0n) is 18.1. The van der Waals surface area contributed by atoms with E-state index in [0.29, 0.717) is 25.3 Å². The Labute approximate surface area is 182 Å². The number of hydrogen-bond acceptors (Lipinski definition) is 5. The van der Waals surface area contributed by atoms with E-state index in [2.05, 4.69) is 37.0 Å². The van der Waals surface area contributed by atoms with Gasteiger partial charge in [0, 0.05) is 37.3 Å². The lowest BCUT2D eigenvalue weighted by molar-refractivity contribution is 0.0600. The molecule has 1 aliphatic heterocycles. The van der Waals surface area contributed by atoms with Crippen molar-refractivity contribution < 1.29 is 14.3 Å². The maximum absolute atomic E-state index is 13.2. The molecule has 0 N–H and O–H groups in total. The van der Waals surface area contributed by atoms with Gasteiger partial charge in [-0.2, -0.15) is 0 Å². The lowest BCUT2D eigenvalue weighted by atomic mass is 10.0. The molecule has 2 aromatic rings. The standard InChI is InChI=1S/C23H29N3O3S/c1-5-29-23(28)25(4)18-10-13-26(14-11-18)22(27)19-7-6-12-24-21(19)30-20-9-8-16(2)15-17(20)3/h6-9,12,15,18H,5,10-11,13-14H2,1-4H3. The Morgan fingerprint density at radius 1 is 1.23 bits per heavy atom. The molecule has 30 heavy (non-hydrogen) atoms. The van der Waals surface area contributed by atoms with Crippen LogP contribution in [-0.4, -0.2) is 59.6 Å². The average Bonchev–Trinajstić information content (AvgIpc) is 2.75. The third kappa shape index (κ3) is 5.14. The van der Waals surface area contributed by atoms with Crippen molar-refractivity contribution in [3.63, 3.8) is 0 Å². The predicted molar refractivity (Wildman–Crippen MR) is 118 cm³/mol. The Kier molecular flexibility index (Phi) is 7.37. The van der Waals surface area contributed by atoms with Crippen LogP contribution >= 0.6 is 11.8 Å². The summed E-state index contributed by atoms with van der Waals surface area (Å²) in [6, 6.07) is 10.0. The third-order valence-electron chi connectivity index (χ3n) is 5.39. The summed E-state index contributed by atoms with van der Waals surface area (Å²) in [5, 5.41) is 0.722. The van der Waals surface area contributed by atoms with Crippen LogP contribution in [0.25, 0.3) is 0 Å². The fraction of sp³-hybridized carbons (Fsp3) is 0.435. The Morgan fingerprint density at radius 3 is 2.63 bits per heavy atom. The van der Waals surface area contributed by atoms with Crippen molar-refractivity contribution in [2.24, 2.45) is 0 Å². The zero-order chi connectivity index (χ0) is 21.7. The SMILES string of the molecule is CCOC(=O)N(C)C1CCN(C(=O)c2cccnc2Sc2ccc(C)cc2C)CC1. The third-order valence-corrected chi connectivity index (χ3v) is 6.59. The molecule has 1 saturated heterocycles. The molecule has 0 radical (unpaired) electrons. The van der Waals surface area contributed by atoms with Crippen LogP contribution in [0.2, 0.25) is 0 Å². The molecule has 3 rings (SSSR count). The molecule has 2 heterocycles. The number of nitrogens with zero attached hydrogens (tertiary/aromatic N) is 3. The number of rotatable bonds is 5. The molecule has 0 bridgehead atoms. The molecule has 7 heteroatoms. The van der Waals surface area contributed by atoms with Gasteiger partial charge in [0.15, 0.2) is 0 Å². The second-order valence-corrected chi connectivity index (χ2v) is 8.59. The fourth-order valence-corrected chi connectivity index (χ4v) is 4.60. The fourth-order valence-electron chi connectivity index (χ4n) is 3.65. The Balaban J connectivity index is 1.69. The summed E-state index contributed by atoms with van der Waals surface area (Å²) >= 11 is 1.53. The number of likely N-dealkylation sites (tertiary alicyclic amines) is 1. The molecule has 1 aliphatic rings. The van der Waals surface area contributed by atoms with Gasteiger partial charge in [-0.1, -0.05) is 29.5 Å². The van der Waals surface area contributed by atoms with E-state index in [9.17, 15) is 9.59 Å². The quantitative estimate of drug-likeness (QED) is 0.701. The van der Waals surface area contributed by atoms with E-state index >= 15 is 0 Å². The summed E-state index contributed by atoms with van der Waals surface area (Å²) in [7, 11) is 1.76. The number of ether oxygens (including phenoxy) is 1. The normalized spacial score (nSPS) is 14.5. The van der Waals surface area contributed by atoms with Crippen molar-refractivity contribution in [3.8, 4) is 0 Å². The number of carbonyl (C=O) groups excluding carboxylic acids is 2. The van der Waals surface area contributed by atoms with E-state index < -0.39 is 0 Å². The molecule has 0 atom stereocenters. The molecule has 0 unspecified atom stereocenters. The molecular formula is C23H29N3O3S. The first-order valence-corrected chi connectivity index (χ1v) is 11.1. The number of pyridine rings is 1. The maximum atomic E-state index is 13.2. The van der Waals surface area contributed by atoms with E-state index in [1.54, 1.807) is 31.1 Å². The Morgan fingerprint density at radius 2 is 1.97 bits per heavy atom. The number of hydrogen-bond donors (Lipinski definition) is 0. The molecule has 1 aromatic carbocycles. The summed E-state index contributed by atoms with van der Waals surface area (Å²) in [6.45, 7) is 7.52. The highest BCUT2D eigenvalue weighted by Crippen LogP contribution is 2.32. The smallest absolute Gasteiger partial charge is 0.409 e. The minimum absolute atomic E-state index is 0.00685. The molecule has 2 amide bonds. The summed E-state index contributed by atoms with van der Waals surface area (Å²) in [6.07, 6.45) is 2.90. The second kappa shape index (κ2) is 9.98. The minimum Gasteiger partial charge on any atom is -0.450 e. The van der Waals surface area contributed by atoms with Crippen molar-refractivity contribution in [2.45, 2.75) is 49.6 Å². The highest BCUT2D eigenvalue weighted by atomic mass is 32.2. The molecule has 0 spiro atoms. The van der Waals surface area contributed by atoms with E-state index in [-0.39, 0.29) is 18.0 Å². The van der Waals surface area contributed by atoms with Crippen LogP contribution < -0.4 is 0 Å². The molecule has 1 aromatic heterocycles. The van der Waals surface area contributed by atoms with Crippen LogP contribution in [0, 0.1) is 13.8 Å². The summed E-state index contributed by atoms with van der Waals surface area (Å²) in [5.74, 6) is -0.00685. The van der Waals surface area contributed by atoms with E-state index in [1.165, 1.54) is 22.9 Å². The van der Waals surface area contributed by atoms with Gasteiger partial charge in [-0.25, -0.2) is 9.78 Å². The maximum Gasteiger partial charge on any atom is 0.409 e. The largest absolute Gasteiger partial charge is 0.450 e. The van der Waals surface area contributed by atoms with Crippen molar-refractivity contribution in [2.75, 3.05) is 26.7 Å². The van der Waals surface area contributed by atoms with Gasteiger partial charge in [0.1, 0.15) is 5.03 Å². The summed E-state index contributed by atoms with van der Waals surface area (Å²) in [4.78, 5) is 34.3. The monoisotopic (exact) mass is 427 g/mol. The van der Waals surface area contributed by atoms with Crippen molar-refractivity contribution >= 4 is 23.8 Å². The van der Waals surface area contributed by atoms with Gasteiger partial charge >= 0.3 is 6.09 Å². The van der Waals surface area contributed by atoms with Gasteiger partial charge in [-0.3, -0.25) is 4.79 Å². The first-order valence-electron chi connectivity index (χ1n) is 10.3. The zero-order valence-corrected chi connectivity index (χ0v) is 18.9. The number of aromatic nitrogens is 1. The predicted octanol–water partition coefficient (Wildman–Crippen LogP) is 4.54. The highest BCUT2D eigenvalue weighted by molar-refractivity contribution is 7.99. The Hall–Kier alpha value is -2.54. The number of amides is 2. The first kappa shape index (κ1) is 22.2. The minimum atomic E-state index is -0.304. The number of piperidine rings is 1. The number of benzene rings is 1. The van der Waals surface area contributed by atoms with Crippen LogP contribution in [0.1, 0.15) is 41.3 Å². The molecule has 6 nitrogen and oxygen atoms in total.